The van der Waals surface area contributed by atoms with Crippen LogP contribution in [0.1, 0.15) is 84.6 Å². The molecule has 1 aromatic heterocycles. The van der Waals surface area contributed by atoms with Crippen LogP contribution in [-0.4, -0.2) is 13.0 Å². The molecule has 31 heavy (non-hydrogen) atoms. The van der Waals surface area contributed by atoms with Gasteiger partial charge >= 0.3 is 10.4 Å². The highest BCUT2D eigenvalue weighted by Gasteiger charge is 2.61. The van der Waals surface area contributed by atoms with Gasteiger partial charge in [0.25, 0.3) is 0 Å². The van der Waals surface area contributed by atoms with Crippen LogP contribution in [0.3, 0.4) is 0 Å². The second kappa shape index (κ2) is 7.95. The first kappa shape index (κ1) is 22.9. The SMILES string of the molecule is CC1(C)CCC[C@]2(C)[C@H]3CC/C(=C\OS(=O)(=O)O)[C@H](CCc4ccoc4)[C@@]3(C)CC[C@@H]12. The standard InChI is InChI=1S/C25H38O5S/c1-23(2)12-5-13-25(4)21(23)10-14-24(3)20(8-6-18-11-15-29-16-18)19(7-9-22(24)25)17-30-31(26,27)28/h11,15-17,20-22H,5-10,12-14H2,1-4H3,(H,26,27,28)/b19-17+/t20-,21-,22-,24+,25-/m0/s1. The van der Waals surface area contributed by atoms with Gasteiger partial charge < -0.3 is 8.60 Å². The zero-order chi connectivity index (χ0) is 22.5. The van der Waals surface area contributed by atoms with Crippen molar-refractivity contribution >= 4 is 10.4 Å². The fraction of sp³-hybridized carbons (Fsp3) is 0.760. The molecule has 3 aliphatic rings. The van der Waals surface area contributed by atoms with Gasteiger partial charge in [0.2, 0.25) is 0 Å². The first-order valence-corrected chi connectivity index (χ1v) is 13.2. The first-order valence-electron chi connectivity index (χ1n) is 11.8. The van der Waals surface area contributed by atoms with Crippen LogP contribution in [0.5, 0.6) is 0 Å². The minimum absolute atomic E-state index is 0.0923. The van der Waals surface area contributed by atoms with Crippen LogP contribution in [0.25, 0.3) is 0 Å². The number of hydrogen-bond acceptors (Lipinski definition) is 4. The summed E-state index contributed by atoms with van der Waals surface area (Å²) in [5.74, 6) is 1.57. The number of hydrogen-bond donors (Lipinski definition) is 1. The van der Waals surface area contributed by atoms with E-state index in [1.807, 2.05) is 6.07 Å². The Morgan fingerprint density at radius 3 is 2.58 bits per heavy atom. The van der Waals surface area contributed by atoms with E-state index in [1.165, 1.54) is 37.5 Å². The molecule has 1 heterocycles. The highest BCUT2D eigenvalue weighted by atomic mass is 32.3. The lowest BCUT2D eigenvalue weighted by atomic mass is 9.39. The Balaban J connectivity index is 1.68. The Kier molecular flexibility index (Phi) is 5.87. The molecule has 0 saturated heterocycles. The predicted octanol–water partition coefficient (Wildman–Crippen LogP) is 6.57. The maximum Gasteiger partial charge on any atom is 0.445 e. The molecule has 0 unspecified atom stereocenters. The molecule has 3 fully saturated rings. The largest absolute Gasteiger partial charge is 0.472 e. The van der Waals surface area contributed by atoms with Crippen LogP contribution in [-0.2, 0) is 21.0 Å². The van der Waals surface area contributed by atoms with Crippen molar-refractivity contribution in [1.29, 1.82) is 0 Å². The second-order valence-corrected chi connectivity index (χ2v) is 12.5. The maximum atomic E-state index is 11.3. The van der Waals surface area contributed by atoms with Gasteiger partial charge in [0.15, 0.2) is 0 Å². The normalized spacial score (nSPS) is 39.0. The quantitative estimate of drug-likeness (QED) is 0.405. The van der Waals surface area contributed by atoms with Crippen molar-refractivity contribution in [2.24, 2.45) is 34.0 Å². The highest BCUT2D eigenvalue weighted by Crippen LogP contribution is 2.69. The van der Waals surface area contributed by atoms with Crippen molar-refractivity contribution in [3.63, 3.8) is 0 Å². The van der Waals surface area contributed by atoms with Gasteiger partial charge in [-0.05, 0) is 103 Å². The molecule has 174 valence electrons. The summed E-state index contributed by atoms with van der Waals surface area (Å²) in [6.45, 7) is 9.89. The fourth-order valence-electron chi connectivity index (χ4n) is 8.20. The van der Waals surface area contributed by atoms with Gasteiger partial charge in [0.05, 0.1) is 12.5 Å². The summed E-state index contributed by atoms with van der Waals surface area (Å²) in [4.78, 5) is 0. The summed E-state index contributed by atoms with van der Waals surface area (Å²) in [5.41, 5.74) is 2.98. The van der Waals surface area contributed by atoms with Crippen LogP contribution in [0.2, 0.25) is 0 Å². The lowest BCUT2D eigenvalue weighted by Crippen LogP contribution is -2.58. The van der Waals surface area contributed by atoms with E-state index in [4.69, 9.17) is 13.2 Å². The van der Waals surface area contributed by atoms with Crippen molar-refractivity contribution in [2.45, 2.75) is 85.5 Å². The van der Waals surface area contributed by atoms with Gasteiger partial charge in [-0.3, -0.25) is 4.55 Å². The van der Waals surface area contributed by atoms with E-state index in [1.54, 1.807) is 12.5 Å². The molecule has 3 saturated carbocycles. The van der Waals surface area contributed by atoms with Crippen molar-refractivity contribution in [3.05, 3.63) is 36.0 Å². The highest BCUT2D eigenvalue weighted by molar-refractivity contribution is 7.81. The zero-order valence-electron chi connectivity index (χ0n) is 19.4. The summed E-state index contributed by atoms with van der Waals surface area (Å²) in [6, 6.07) is 2.00. The summed E-state index contributed by atoms with van der Waals surface area (Å²) >= 11 is 0. The van der Waals surface area contributed by atoms with Crippen molar-refractivity contribution in [1.82, 2.24) is 0 Å². The molecule has 0 radical (unpaired) electrons. The third-order valence-electron chi connectivity index (χ3n) is 9.43. The maximum absolute atomic E-state index is 11.3. The Hall–Kier alpha value is -1.27. The van der Waals surface area contributed by atoms with E-state index in [0.717, 1.165) is 43.6 Å². The molecule has 5 nitrogen and oxygen atoms in total. The third kappa shape index (κ3) is 4.22. The van der Waals surface area contributed by atoms with Gasteiger partial charge in [0, 0.05) is 0 Å². The van der Waals surface area contributed by atoms with E-state index in [9.17, 15) is 8.42 Å². The van der Waals surface area contributed by atoms with E-state index in [0.29, 0.717) is 16.7 Å². The summed E-state index contributed by atoms with van der Waals surface area (Å²) < 4.78 is 41.7. The Morgan fingerprint density at radius 2 is 1.90 bits per heavy atom. The molecule has 4 rings (SSSR count). The lowest BCUT2D eigenvalue weighted by molar-refractivity contribution is -0.154. The average Bonchev–Trinajstić information content (AvgIpc) is 3.17. The van der Waals surface area contributed by atoms with Crippen LogP contribution in [0.15, 0.2) is 34.8 Å². The lowest BCUT2D eigenvalue weighted by Gasteiger charge is -2.66. The van der Waals surface area contributed by atoms with Crippen molar-refractivity contribution in [2.75, 3.05) is 0 Å². The van der Waals surface area contributed by atoms with E-state index >= 15 is 0 Å². The fourth-order valence-corrected chi connectivity index (χ4v) is 8.44. The van der Waals surface area contributed by atoms with Crippen LogP contribution in [0.4, 0.5) is 0 Å². The van der Waals surface area contributed by atoms with Crippen molar-refractivity contribution < 1.29 is 21.6 Å². The van der Waals surface area contributed by atoms with Crippen LogP contribution >= 0.6 is 0 Å². The molecule has 0 bridgehead atoms. The predicted molar refractivity (Wildman–Crippen MR) is 121 cm³/mol. The minimum Gasteiger partial charge on any atom is -0.472 e. The van der Waals surface area contributed by atoms with Crippen LogP contribution in [0, 0.1) is 34.0 Å². The molecule has 1 aromatic rings. The molecule has 5 atom stereocenters. The van der Waals surface area contributed by atoms with Crippen molar-refractivity contribution in [3.8, 4) is 0 Å². The number of rotatable bonds is 5. The molecule has 6 heteroatoms. The Labute approximate surface area is 187 Å². The van der Waals surface area contributed by atoms with E-state index in [2.05, 4.69) is 27.7 Å². The summed E-state index contributed by atoms with van der Waals surface area (Å²) in [7, 11) is -4.49. The smallest absolute Gasteiger partial charge is 0.445 e. The molecule has 0 amide bonds. The topological polar surface area (TPSA) is 76.7 Å². The molecular formula is C25H38O5S. The number of fused-ring (bicyclic) bond motifs is 3. The van der Waals surface area contributed by atoms with Gasteiger partial charge in [-0.2, -0.15) is 8.42 Å². The van der Waals surface area contributed by atoms with Gasteiger partial charge in [-0.25, -0.2) is 0 Å². The Bertz CT molecular complexity index is 916. The molecular weight excluding hydrogens is 412 g/mol. The number of aryl methyl sites for hydroxylation is 1. The third-order valence-corrected chi connectivity index (χ3v) is 9.77. The molecule has 1 N–H and O–H groups in total. The Morgan fingerprint density at radius 1 is 1.13 bits per heavy atom. The molecule has 0 spiro atoms. The summed E-state index contributed by atoms with van der Waals surface area (Å²) in [5, 5.41) is 0. The molecule has 0 aliphatic heterocycles. The second-order valence-electron chi connectivity index (χ2n) is 11.5. The van der Waals surface area contributed by atoms with E-state index < -0.39 is 10.4 Å². The van der Waals surface area contributed by atoms with Gasteiger partial charge in [-0.15, -0.1) is 0 Å². The summed E-state index contributed by atoms with van der Waals surface area (Å²) in [6.07, 6.45) is 14.8. The van der Waals surface area contributed by atoms with Gasteiger partial charge in [0.1, 0.15) is 6.26 Å². The zero-order valence-corrected chi connectivity index (χ0v) is 20.2. The number of furan rings is 1. The average molecular weight is 451 g/mol. The van der Waals surface area contributed by atoms with E-state index in [-0.39, 0.29) is 11.3 Å². The first-order chi connectivity index (χ1) is 14.5. The molecule has 0 aromatic carbocycles. The monoisotopic (exact) mass is 450 g/mol. The minimum atomic E-state index is -4.49. The van der Waals surface area contributed by atoms with Crippen LogP contribution < -0.4 is 0 Å². The molecule has 3 aliphatic carbocycles. The number of allylic oxidation sites excluding steroid dienone is 1. The van der Waals surface area contributed by atoms with Gasteiger partial charge in [-0.1, -0.05) is 34.1 Å².